The summed E-state index contributed by atoms with van der Waals surface area (Å²) in [4.78, 5) is 129. The second-order valence-electron chi connectivity index (χ2n) is 28.7. The number of carboxylic acid groups (broad SMARTS) is 2. The van der Waals surface area contributed by atoms with Crippen molar-refractivity contribution in [3.05, 3.63) is 263 Å². The fraction of sp³-hybridized carbons (Fsp3) is 0.341. The number of nitrogens with one attached hydrogen (secondary N) is 3. The van der Waals surface area contributed by atoms with Gasteiger partial charge in [-0.2, -0.15) is 0 Å². The SMILES string of the molecule is CC(=O)C[C@H](NC(=O)[C@H](c1ccccc1)N1CC(C)CCC1=O)c1cncc(-c2c(C)cccc2C)c1.Cc1cc(=O)n([C@H](CC(C)C)C(=O)N[C@@H](CC(=O)O)c2cncc(-c3c(C)cccc3C)c2)cc1F.Cc1ccn(C(CC(C)C)C(=O)N[C@H](CC(=O)O)c2cncc(-c3c(Cl)cccc3Cl)c2)c(=O)c1. The lowest BCUT2D eigenvalue weighted by atomic mass is 9.93. The molecule has 1 fully saturated rings. The van der Waals surface area contributed by atoms with Crippen molar-refractivity contribution in [3.8, 4) is 33.4 Å². The van der Waals surface area contributed by atoms with Crippen LogP contribution in [0.1, 0.15) is 178 Å². The Labute approximate surface area is 639 Å². The van der Waals surface area contributed by atoms with E-state index in [1.165, 1.54) is 36.9 Å². The van der Waals surface area contributed by atoms with Crippen molar-refractivity contribution < 1.29 is 48.2 Å². The Morgan fingerprint density at radius 1 is 0.519 bits per heavy atom. The number of aryl methyl sites for hydroxylation is 6. The molecule has 0 saturated carbocycles. The molecule has 0 aliphatic carbocycles. The van der Waals surface area contributed by atoms with Gasteiger partial charge in [0.2, 0.25) is 23.6 Å². The number of nitrogens with zero attached hydrogens (tertiary/aromatic N) is 6. The van der Waals surface area contributed by atoms with Crippen molar-refractivity contribution in [3.63, 3.8) is 0 Å². The molecule has 1 aliphatic rings. The lowest BCUT2D eigenvalue weighted by Gasteiger charge is -2.37. The van der Waals surface area contributed by atoms with Crippen molar-refractivity contribution >= 4 is 64.6 Å². The molecule has 4 aromatic carbocycles. The van der Waals surface area contributed by atoms with Crippen LogP contribution in [0.4, 0.5) is 4.39 Å². The summed E-state index contributed by atoms with van der Waals surface area (Å²) in [6, 6.07) is 31.6. The van der Waals surface area contributed by atoms with Crippen LogP contribution in [0.2, 0.25) is 10.0 Å². The number of carbonyl (C=O) groups excluding carboxylic acids is 5. The average Bonchev–Trinajstić information content (AvgIpc) is 0.805. The smallest absolute Gasteiger partial charge is 0.305 e. The van der Waals surface area contributed by atoms with Crippen LogP contribution in [0.3, 0.4) is 0 Å². The summed E-state index contributed by atoms with van der Waals surface area (Å²) in [7, 11) is 0. The van der Waals surface area contributed by atoms with Crippen LogP contribution in [0.25, 0.3) is 33.4 Å². The number of amides is 4. The number of Topliss-reactive ketones (excluding diaryl/α,β-unsaturated/α-hetero) is 1. The zero-order valence-electron chi connectivity index (χ0n) is 62.9. The molecule has 5 N–H and O–H groups in total. The van der Waals surface area contributed by atoms with Gasteiger partial charge in [0.05, 0.1) is 31.0 Å². The Hall–Kier alpha value is -10.8. The topological polar surface area (TPSA) is 282 Å². The van der Waals surface area contributed by atoms with Gasteiger partial charge in [-0.05, 0) is 189 Å². The molecule has 9 aromatic rings. The molecule has 7 atom stereocenters. The van der Waals surface area contributed by atoms with Gasteiger partial charge in [0.1, 0.15) is 29.7 Å². The number of hydrogen-bond acceptors (Lipinski definition) is 12. The van der Waals surface area contributed by atoms with E-state index >= 15 is 0 Å². The standard InChI is InChI=1S/C31H35N3O3.C28H32FN3O4.C26H27Cl2N3O4/c1-20-13-14-28(36)34(19-20)30(24-11-6-5-7-12-24)31(37)33-27(15-23(4)35)25-16-26(18-32-17-25)29-21(2)9-8-10-22(29)3;1-16(2)9-24(32-15-22(29)19(5)10-25(32)33)28(36)31-23(12-26(34)35)20-11-21(14-30-13-20)27-17(3)7-6-8-18(27)4;1-15(2)9-22(31-8-7-16(3)10-23(31)32)26(35)30-21(12-24(33)34)17-11-18(14-29-13-17)25-19(27)5-4-6-20(25)28/h5-12,16-18,20,27,30H,13-15,19H2,1-4H3,(H,33,37);6-8,10-11,13-16,23-24H,9,12H2,1-5H3,(H,31,36)(H,34,35);4-8,10-11,13-15,21-22H,9,12H2,1-3H3,(H,30,35)(H,33,34)/t20?,27-,30-;23-,24+;21-,22?/m001/s1. The largest absolute Gasteiger partial charge is 0.481 e. The number of rotatable bonds is 26. The fourth-order valence-corrected chi connectivity index (χ4v) is 14.2. The van der Waals surface area contributed by atoms with E-state index in [0.29, 0.717) is 57.6 Å². The van der Waals surface area contributed by atoms with Gasteiger partial charge in [-0.15, -0.1) is 0 Å². The minimum atomic E-state index is -1.10. The number of aliphatic carboxylic acids is 2. The van der Waals surface area contributed by atoms with Crippen LogP contribution in [-0.2, 0) is 33.6 Å². The van der Waals surface area contributed by atoms with Gasteiger partial charge in [-0.1, -0.05) is 131 Å². The lowest BCUT2D eigenvalue weighted by Crippen LogP contribution is -2.48. The first kappa shape index (κ1) is 82.9. The van der Waals surface area contributed by atoms with Gasteiger partial charge in [0, 0.05) is 113 Å². The monoisotopic (exact) mass is 1510 g/mol. The Kier molecular flexibility index (Phi) is 29.3. The summed E-state index contributed by atoms with van der Waals surface area (Å²) in [6.07, 6.45) is 13.8. The number of carboxylic acids is 2. The van der Waals surface area contributed by atoms with Crippen molar-refractivity contribution in [1.82, 2.24) is 44.9 Å². The number of aromatic nitrogens is 5. The van der Waals surface area contributed by atoms with E-state index < -0.39 is 71.4 Å². The number of piperidine rings is 1. The number of benzene rings is 4. The molecule has 5 aromatic heterocycles. The Morgan fingerprint density at radius 2 is 0.944 bits per heavy atom. The predicted octanol–water partition coefficient (Wildman–Crippen LogP) is 15.8. The van der Waals surface area contributed by atoms with Gasteiger partial charge in [0.25, 0.3) is 11.1 Å². The van der Waals surface area contributed by atoms with Crippen molar-refractivity contribution in [2.45, 2.75) is 164 Å². The zero-order valence-corrected chi connectivity index (χ0v) is 64.4. The van der Waals surface area contributed by atoms with Gasteiger partial charge in [-0.3, -0.25) is 58.1 Å². The maximum Gasteiger partial charge on any atom is 0.305 e. The number of likely N-dealkylation sites (tertiary alicyclic amines) is 1. The Bertz CT molecular complexity index is 4810. The molecule has 1 saturated heterocycles. The van der Waals surface area contributed by atoms with E-state index in [1.807, 2.05) is 114 Å². The van der Waals surface area contributed by atoms with Crippen LogP contribution in [0.15, 0.2) is 180 Å². The van der Waals surface area contributed by atoms with Gasteiger partial charge in [-0.25, -0.2) is 4.39 Å². The molecule has 10 rings (SSSR count). The minimum absolute atomic E-state index is 0.0176. The molecular formula is C85H94Cl2FN9O11. The molecular weight excluding hydrogens is 1410 g/mol. The van der Waals surface area contributed by atoms with Gasteiger partial charge < -0.3 is 40.2 Å². The third kappa shape index (κ3) is 22.2. The van der Waals surface area contributed by atoms with Crippen LogP contribution >= 0.6 is 23.2 Å². The second-order valence-corrected chi connectivity index (χ2v) is 29.5. The van der Waals surface area contributed by atoms with Gasteiger partial charge in [0.15, 0.2) is 0 Å². The van der Waals surface area contributed by atoms with E-state index in [2.05, 4.69) is 63.8 Å². The number of carbonyl (C=O) groups is 7. The van der Waals surface area contributed by atoms with Crippen molar-refractivity contribution in [2.24, 2.45) is 17.8 Å². The number of halogens is 3. The lowest BCUT2D eigenvalue weighted by molar-refractivity contribution is -0.144. The number of ketones is 1. The summed E-state index contributed by atoms with van der Waals surface area (Å²) in [5.74, 6) is -3.71. The number of pyridine rings is 5. The third-order valence-corrected chi connectivity index (χ3v) is 19.5. The summed E-state index contributed by atoms with van der Waals surface area (Å²) in [5.41, 5.74) is 12.1. The minimum Gasteiger partial charge on any atom is -0.481 e. The molecule has 20 nitrogen and oxygen atoms in total. The highest BCUT2D eigenvalue weighted by atomic mass is 35.5. The molecule has 566 valence electrons. The normalized spacial score (nSPS) is 14.4. The molecule has 0 spiro atoms. The first-order valence-corrected chi connectivity index (χ1v) is 36.7. The summed E-state index contributed by atoms with van der Waals surface area (Å²) in [6.45, 7) is 23.2. The maximum atomic E-state index is 14.3. The zero-order chi connectivity index (χ0) is 78.8. The molecule has 2 unspecified atom stereocenters. The molecule has 0 radical (unpaired) electrons. The summed E-state index contributed by atoms with van der Waals surface area (Å²) < 4.78 is 16.8. The first-order chi connectivity index (χ1) is 51.3. The Balaban J connectivity index is 0.000000204. The van der Waals surface area contributed by atoms with Crippen LogP contribution < -0.4 is 27.1 Å². The molecule has 23 heteroatoms. The first-order valence-electron chi connectivity index (χ1n) is 36.0. The highest BCUT2D eigenvalue weighted by Gasteiger charge is 2.37. The average molecular weight is 1510 g/mol. The molecule has 108 heavy (non-hydrogen) atoms. The molecule has 1 aliphatic heterocycles. The van der Waals surface area contributed by atoms with Crippen molar-refractivity contribution in [2.75, 3.05) is 6.54 Å². The summed E-state index contributed by atoms with van der Waals surface area (Å²) in [5, 5.41) is 28.7. The predicted molar refractivity (Wildman–Crippen MR) is 418 cm³/mol. The third-order valence-electron chi connectivity index (χ3n) is 18.8. The second kappa shape index (κ2) is 38.2. The fourth-order valence-electron chi connectivity index (χ4n) is 13.5. The van der Waals surface area contributed by atoms with Crippen LogP contribution in [-0.4, -0.2) is 87.1 Å². The van der Waals surface area contributed by atoms with Crippen LogP contribution in [0.5, 0.6) is 0 Å². The quantitative estimate of drug-likeness (QED) is 0.0337. The summed E-state index contributed by atoms with van der Waals surface area (Å²) >= 11 is 12.7. The van der Waals surface area contributed by atoms with Gasteiger partial charge >= 0.3 is 11.9 Å². The number of hydrogen-bond donors (Lipinski definition) is 5. The van der Waals surface area contributed by atoms with Crippen LogP contribution in [0, 0.1) is 65.1 Å². The van der Waals surface area contributed by atoms with Crippen molar-refractivity contribution in [1.29, 1.82) is 0 Å². The molecule has 4 amide bonds. The van der Waals surface area contributed by atoms with E-state index in [0.717, 1.165) is 84.4 Å². The molecule has 0 bridgehead atoms. The van der Waals surface area contributed by atoms with E-state index in [4.69, 9.17) is 23.2 Å². The maximum absolute atomic E-state index is 14.3. The molecule has 6 heterocycles. The highest BCUT2D eigenvalue weighted by Crippen LogP contribution is 2.38. The van der Waals surface area contributed by atoms with E-state index in [1.54, 1.807) is 66.9 Å². The van der Waals surface area contributed by atoms with E-state index in [9.17, 15) is 57.8 Å². The Morgan fingerprint density at radius 3 is 1.39 bits per heavy atom. The van der Waals surface area contributed by atoms with E-state index in [-0.39, 0.29) is 66.2 Å². The highest BCUT2D eigenvalue weighted by molar-refractivity contribution is 6.39.